The molecule has 0 fully saturated rings. The van der Waals surface area contributed by atoms with E-state index in [0.717, 1.165) is 26.1 Å². The maximum atomic E-state index is 4.04. The normalized spacial score (nSPS) is 12.9. The standard InChI is InChI=1S/C15H27N3/c1-4-5-9-17-13-14(2)18(3)12-8-15-6-10-16-11-7-15/h6-7,10-11,14,17H,4-5,8-9,12-13H2,1-3H3. The Morgan fingerprint density at radius 3 is 2.72 bits per heavy atom. The molecule has 1 aromatic rings. The summed E-state index contributed by atoms with van der Waals surface area (Å²) in [4.78, 5) is 6.46. The number of hydrogen-bond donors (Lipinski definition) is 1. The van der Waals surface area contributed by atoms with E-state index in [1.54, 1.807) is 0 Å². The second-order valence-corrected chi connectivity index (χ2v) is 4.99. The molecule has 1 heterocycles. The summed E-state index contributed by atoms with van der Waals surface area (Å²) in [6.45, 7) is 7.82. The molecule has 0 aliphatic carbocycles. The van der Waals surface area contributed by atoms with Crippen molar-refractivity contribution >= 4 is 0 Å². The largest absolute Gasteiger partial charge is 0.315 e. The maximum absolute atomic E-state index is 4.04. The highest BCUT2D eigenvalue weighted by atomic mass is 15.1. The first-order valence-corrected chi connectivity index (χ1v) is 7.04. The van der Waals surface area contributed by atoms with Gasteiger partial charge in [0, 0.05) is 31.5 Å². The van der Waals surface area contributed by atoms with E-state index >= 15 is 0 Å². The van der Waals surface area contributed by atoms with Crippen LogP contribution >= 0.6 is 0 Å². The number of aromatic nitrogens is 1. The van der Waals surface area contributed by atoms with Gasteiger partial charge in [-0.05, 0) is 51.1 Å². The monoisotopic (exact) mass is 249 g/mol. The van der Waals surface area contributed by atoms with E-state index in [1.165, 1.54) is 18.4 Å². The second-order valence-electron chi connectivity index (χ2n) is 4.99. The number of pyridine rings is 1. The fourth-order valence-electron chi connectivity index (χ4n) is 1.84. The van der Waals surface area contributed by atoms with Gasteiger partial charge in [-0.15, -0.1) is 0 Å². The zero-order chi connectivity index (χ0) is 13.2. The fraction of sp³-hybridized carbons (Fsp3) is 0.667. The van der Waals surface area contributed by atoms with E-state index in [1.807, 2.05) is 12.4 Å². The molecule has 1 atom stereocenters. The van der Waals surface area contributed by atoms with Gasteiger partial charge in [0.25, 0.3) is 0 Å². The highest BCUT2D eigenvalue weighted by Crippen LogP contribution is 2.01. The Kier molecular flexibility index (Phi) is 7.62. The zero-order valence-electron chi connectivity index (χ0n) is 12.0. The van der Waals surface area contributed by atoms with Crippen LogP contribution < -0.4 is 5.32 Å². The molecule has 0 spiro atoms. The van der Waals surface area contributed by atoms with Gasteiger partial charge in [0.1, 0.15) is 0 Å². The first-order chi connectivity index (χ1) is 8.74. The Labute approximate surface area is 112 Å². The lowest BCUT2D eigenvalue weighted by molar-refractivity contribution is 0.254. The summed E-state index contributed by atoms with van der Waals surface area (Å²) in [7, 11) is 2.20. The SMILES string of the molecule is CCCCNCC(C)N(C)CCc1ccncc1. The zero-order valence-corrected chi connectivity index (χ0v) is 12.0. The molecular formula is C15H27N3. The number of rotatable bonds is 9. The van der Waals surface area contributed by atoms with Crippen LogP contribution in [0.3, 0.4) is 0 Å². The third-order valence-corrected chi connectivity index (χ3v) is 3.40. The maximum Gasteiger partial charge on any atom is 0.0270 e. The number of hydrogen-bond acceptors (Lipinski definition) is 3. The topological polar surface area (TPSA) is 28.2 Å². The van der Waals surface area contributed by atoms with Crippen LogP contribution in [0.1, 0.15) is 32.3 Å². The quantitative estimate of drug-likeness (QED) is 0.681. The van der Waals surface area contributed by atoms with Crippen LogP contribution in [0.15, 0.2) is 24.5 Å². The van der Waals surface area contributed by atoms with Crippen LogP contribution in [-0.2, 0) is 6.42 Å². The second kappa shape index (κ2) is 9.06. The minimum absolute atomic E-state index is 0.587. The Bertz CT molecular complexity index is 300. The van der Waals surface area contributed by atoms with E-state index in [2.05, 4.69) is 48.2 Å². The van der Waals surface area contributed by atoms with Crippen LogP contribution in [0.5, 0.6) is 0 Å². The highest BCUT2D eigenvalue weighted by Gasteiger charge is 2.08. The van der Waals surface area contributed by atoms with Crippen molar-refractivity contribution in [3.8, 4) is 0 Å². The van der Waals surface area contributed by atoms with Gasteiger partial charge in [-0.3, -0.25) is 4.98 Å². The number of nitrogens with zero attached hydrogens (tertiary/aromatic N) is 2. The average molecular weight is 249 g/mol. The van der Waals surface area contributed by atoms with Crippen molar-refractivity contribution in [1.29, 1.82) is 0 Å². The molecular weight excluding hydrogens is 222 g/mol. The Hall–Kier alpha value is -0.930. The fourth-order valence-corrected chi connectivity index (χ4v) is 1.84. The predicted molar refractivity (Wildman–Crippen MR) is 77.8 cm³/mol. The van der Waals surface area contributed by atoms with Crippen LogP contribution in [0.4, 0.5) is 0 Å². The Morgan fingerprint density at radius 1 is 1.33 bits per heavy atom. The first kappa shape index (κ1) is 15.1. The molecule has 18 heavy (non-hydrogen) atoms. The van der Waals surface area contributed by atoms with Gasteiger partial charge in [-0.25, -0.2) is 0 Å². The van der Waals surface area contributed by atoms with Crippen LogP contribution in [0.25, 0.3) is 0 Å². The molecule has 0 radical (unpaired) electrons. The summed E-state index contributed by atoms with van der Waals surface area (Å²) >= 11 is 0. The Morgan fingerprint density at radius 2 is 2.06 bits per heavy atom. The minimum Gasteiger partial charge on any atom is -0.315 e. The van der Waals surface area contributed by atoms with Gasteiger partial charge >= 0.3 is 0 Å². The van der Waals surface area contributed by atoms with Gasteiger partial charge in [0.2, 0.25) is 0 Å². The van der Waals surface area contributed by atoms with Crippen molar-refractivity contribution in [2.75, 3.05) is 26.7 Å². The lowest BCUT2D eigenvalue weighted by Crippen LogP contribution is -2.39. The number of likely N-dealkylation sites (N-methyl/N-ethyl adjacent to an activating group) is 1. The van der Waals surface area contributed by atoms with E-state index in [-0.39, 0.29) is 0 Å². The van der Waals surface area contributed by atoms with Gasteiger partial charge < -0.3 is 10.2 Å². The first-order valence-electron chi connectivity index (χ1n) is 7.04. The molecule has 1 N–H and O–H groups in total. The van der Waals surface area contributed by atoms with Crippen LogP contribution in [-0.4, -0.2) is 42.6 Å². The molecule has 1 rings (SSSR count). The third kappa shape index (κ3) is 6.12. The Balaban J connectivity index is 2.17. The third-order valence-electron chi connectivity index (χ3n) is 3.40. The highest BCUT2D eigenvalue weighted by molar-refractivity contribution is 5.09. The summed E-state index contributed by atoms with van der Waals surface area (Å²) in [6, 6.07) is 4.78. The molecule has 0 saturated heterocycles. The molecule has 0 saturated carbocycles. The smallest absolute Gasteiger partial charge is 0.0270 e. The van der Waals surface area contributed by atoms with E-state index < -0.39 is 0 Å². The molecule has 1 unspecified atom stereocenters. The molecule has 0 aliphatic rings. The summed E-state index contributed by atoms with van der Waals surface area (Å²) in [5.74, 6) is 0. The molecule has 3 heteroatoms. The minimum atomic E-state index is 0.587. The predicted octanol–water partition coefficient (Wildman–Crippen LogP) is 2.33. The molecule has 102 valence electrons. The molecule has 0 bridgehead atoms. The lowest BCUT2D eigenvalue weighted by Gasteiger charge is -2.25. The van der Waals surface area contributed by atoms with E-state index in [4.69, 9.17) is 0 Å². The molecule has 1 aromatic heterocycles. The summed E-state index contributed by atoms with van der Waals surface area (Å²) < 4.78 is 0. The van der Waals surface area contributed by atoms with Crippen molar-refractivity contribution in [3.05, 3.63) is 30.1 Å². The van der Waals surface area contributed by atoms with Crippen molar-refractivity contribution in [3.63, 3.8) is 0 Å². The van der Waals surface area contributed by atoms with Gasteiger partial charge in [0.15, 0.2) is 0 Å². The van der Waals surface area contributed by atoms with Crippen molar-refractivity contribution in [2.24, 2.45) is 0 Å². The number of nitrogens with one attached hydrogen (secondary N) is 1. The van der Waals surface area contributed by atoms with Gasteiger partial charge in [-0.2, -0.15) is 0 Å². The van der Waals surface area contributed by atoms with Crippen molar-refractivity contribution in [2.45, 2.75) is 39.2 Å². The van der Waals surface area contributed by atoms with Gasteiger partial charge in [0.05, 0.1) is 0 Å². The average Bonchev–Trinajstić information content (AvgIpc) is 2.42. The molecule has 3 nitrogen and oxygen atoms in total. The van der Waals surface area contributed by atoms with Gasteiger partial charge in [-0.1, -0.05) is 13.3 Å². The van der Waals surface area contributed by atoms with Crippen molar-refractivity contribution < 1.29 is 0 Å². The van der Waals surface area contributed by atoms with Crippen LogP contribution in [0.2, 0.25) is 0 Å². The van der Waals surface area contributed by atoms with Crippen molar-refractivity contribution in [1.82, 2.24) is 15.2 Å². The summed E-state index contributed by atoms with van der Waals surface area (Å²) in [5, 5.41) is 3.51. The molecule has 0 amide bonds. The molecule has 0 aromatic carbocycles. The summed E-state index contributed by atoms with van der Waals surface area (Å²) in [6.07, 6.45) is 7.36. The molecule has 0 aliphatic heterocycles. The lowest BCUT2D eigenvalue weighted by atomic mass is 10.2. The number of unbranched alkanes of at least 4 members (excludes halogenated alkanes) is 1. The summed E-state index contributed by atoms with van der Waals surface area (Å²) in [5.41, 5.74) is 1.36. The van der Waals surface area contributed by atoms with Crippen LogP contribution in [0, 0.1) is 0 Å². The van der Waals surface area contributed by atoms with E-state index in [9.17, 15) is 0 Å². The van der Waals surface area contributed by atoms with E-state index in [0.29, 0.717) is 6.04 Å².